The topological polar surface area (TPSA) is 79.7 Å². The van der Waals surface area contributed by atoms with Crippen LogP contribution in [0, 0.1) is 5.82 Å². The lowest BCUT2D eigenvalue weighted by molar-refractivity contribution is -0.137. The van der Waals surface area contributed by atoms with Crippen molar-refractivity contribution in [3.63, 3.8) is 0 Å². The summed E-state index contributed by atoms with van der Waals surface area (Å²) in [5.41, 5.74) is 1.18. The summed E-state index contributed by atoms with van der Waals surface area (Å²) in [6, 6.07) is 11.1. The Morgan fingerprint density at radius 1 is 1.13 bits per heavy atom. The Balaban J connectivity index is 1.23. The highest BCUT2D eigenvalue weighted by Gasteiger charge is 2.34. The molecule has 0 bridgehead atoms. The van der Waals surface area contributed by atoms with Crippen LogP contribution >= 0.6 is 0 Å². The smallest absolute Gasteiger partial charge is 0.416 e. The van der Waals surface area contributed by atoms with E-state index in [9.17, 15) is 22.8 Å². The number of benzene rings is 2. The zero-order valence-electron chi connectivity index (χ0n) is 20.4. The summed E-state index contributed by atoms with van der Waals surface area (Å²) in [5, 5.41) is 7.15. The third-order valence-corrected chi connectivity index (χ3v) is 6.69. The average Bonchev–Trinajstić information content (AvgIpc) is 3.62. The maximum absolute atomic E-state index is 15.1. The summed E-state index contributed by atoms with van der Waals surface area (Å²) in [4.78, 5) is 26.6. The molecule has 2 aromatic carbocycles. The van der Waals surface area contributed by atoms with Gasteiger partial charge in [0, 0.05) is 31.8 Å². The van der Waals surface area contributed by atoms with Gasteiger partial charge in [-0.3, -0.25) is 14.4 Å². The van der Waals surface area contributed by atoms with E-state index < -0.39 is 29.8 Å². The van der Waals surface area contributed by atoms with Crippen LogP contribution in [0.2, 0.25) is 0 Å². The summed E-state index contributed by atoms with van der Waals surface area (Å²) in [6.07, 6.45) is -3.03. The van der Waals surface area contributed by atoms with Gasteiger partial charge in [-0.15, -0.1) is 0 Å². The fourth-order valence-electron chi connectivity index (χ4n) is 4.72. The quantitative estimate of drug-likeness (QED) is 0.470. The van der Waals surface area contributed by atoms with Crippen LogP contribution in [0.5, 0.6) is 0 Å². The summed E-state index contributed by atoms with van der Waals surface area (Å²) in [5.74, 6) is -0.711. The van der Waals surface area contributed by atoms with Gasteiger partial charge in [-0.05, 0) is 42.8 Å². The molecule has 3 aromatic rings. The Morgan fingerprint density at radius 3 is 2.58 bits per heavy atom. The van der Waals surface area contributed by atoms with Crippen molar-refractivity contribution in [2.24, 2.45) is 0 Å². The number of carbonyl (C=O) groups excluding carboxylic acids is 2. The van der Waals surface area contributed by atoms with Crippen molar-refractivity contribution in [1.82, 2.24) is 15.1 Å². The Kier molecular flexibility index (Phi) is 6.72. The molecule has 1 N–H and O–H groups in total. The van der Waals surface area contributed by atoms with E-state index in [-0.39, 0.29) is 25.0 Å². The first-order valence-corrected chi connectivity index (χ1v) is 12.1. The van der Waals surface area contributed by atoms with Crippen molar-refractivity contribution in [2.45, 2.75) is 31.7 Å². The third kappa shape index (κ3) is 5.29. The minimum Gasteiger partial charge on any atom is -0.442 e. The minimum atomic E-state index is -4.40. The van der Waals surface area contributed by atoms with Gasteiger partial charge in [0.25, 0.3) is 0 Å². The van der Waals surface area contributed by atoms with E-state index in [4.69, 9.17) is 4.74 Å². The number of anilines is 2. The number of alkyl halides is 3. The van der Waals surface area contributed by atoms with Gasteiger partial charge in [0.15, 0.2) is 0 Å². The van der Waals surface area contributed by atoms with Gasteiger partial charge in [0.1, 0.15) is 11.9 Å². The first-order chi connectivity index (χ1) is 18.1. The van der Waals surface area contributed by atoms with Gasteiger partial charge >= 0.3 is 12.3 Å². The SMILES string of the molecule is CC(=O)NC[C@H]1CN(c2ccc(N3CC[C@H](n4ccc(-c5ccc(C(F)(F)F)cc5)n4)C3)c(F)c2)C(=O)O1. The normalized spacial score (nSPS) is 19.7. The summed E-state index contributed by atoms with van der Waals surface area (Å²) in [7, 11) is 0. The molecule has 0 spiro atoms. The highest BCUT2D eigenvalue weighted by atomic mass is 19.4. The molecule has 2 aliphatic rings. The molecule has 2 atom stereocenters. The molecule has 0 radical (unpaired) electrons. The second-order valence-electron chi connectivity index (χ2n) is 9.33. The van der Waals surface area contributed by atoms with Crippen LogP contribution < -0.4 is 15.1 Å². The van der Waals surface area contributed by atoms with Crippen LogP contribution in [0.25, 0.3) is 11.3 Å². The molecule has 38 heavy (non-hydrogen) atoms. The number of nitrogens with one attached hydrogen (secondary N) is 1. The van der Waals surface area contributed by atoms with E-state index in [1.54, 1.807) is 29.1 Å². The summed E-state index contributed by atoms with van der Waals surface area (Å²) >= 11 is 0. The van der Waals surface area contributed by atoms with Crippen molar-refractivity contribution in [3.05, 3.63) is 66.1 Å². The average molecular weight is 532 g/mol. The van der Waals surface area contributed by atoms with Crippen LogP contribution in [0.1, 0.15) is 24.9 Å². The number of rotatable bonds is 6. The molecule has 2 saturated heterocycles. The largest absolute Gasteiger partial charge is 0.442 e. The van der Waals surface area contributed by atoms with Crippen LogP contribution in [0.3, 0.4) is 0 Å². The minimum absolute atomic E-state index is 0.0413. The van der Waals surface area contributed by atoms with E-state index in [2.05, 4.69) is 10.4 Å². The number of carbonyl (C=O) groups is 2. The van der Waals surface area contributed by atoms with Gasteiger partial charge in [-0.25, -0.2) is 9.18 Å². The highest BCUT2D eigenvalue weighted by Crippen LogP contribution is 2.33. The molecule has 5 rings (SSSR count). The van der Waals surface area contributed by atoms with Gasteiger partial charge in [0.2, 0.25) is 5.91 Å². The van der Waals surface area contributed by atoms with Crippen molar-refractivity contribution in [2.75, 3.05) is 36.0 Å². The van der Waals surface area contributed by atoms with E-state index in [0.717, 1.165) is 12.1 Å². The van der Waals surface area contributed by atoms with Crippen molar-refractivity contribution < 1.29 is 31.9 Å². The second kappa shape index (κ2) is 9.99. The maximum Gasteiger partial charge on any atom is 0.416 e. The fraction of sp³-hybridized carbons (Fsp3) is 0.346. The lowest BCUT2D eigenvalue weighted by Gasteiger charge is -2.21. The van der Waals surface area contributed by atoms with E-state index in [0.29, 0.717) is 42.1 Å². The van der Waals surface area contributed by atoms with E-state index in [1.807, 2.05) is 4.90 Å². The molecule has 12 heteroatoms. The number of halogens is 4. The molecule has 2 aliphatic heterocycles. The third-order valence-electron chi connectivity index (χ3n) is 6.69. The highest BCUT2D eigenvalue weighted by molar-refractivity contribution is 5.90. The number of cyclic esters (lactones) is 1. The zero-order chi connectivity index (χ0) is 27.0. The Labute approximate surface area is 215 Å². The number of hydrogen-bond donors (Lipinski definition) is 1. The van der Waals surface area contributed by atoms with E-state index >= 15 is 4.39 Å². The lowest BCUT2D eigenvalue weighted by Crippen LogP contribution is -2.33. The predicted octanol–water partition coefficient (Wildman–Crippen LogP) is 4.62. The van der Waals surface area contributed by atoms with Crippen LogP contribution in [0.15, 0.2) is 54.7 Å². The van der Waals surface area contributed by atoms with Gasteiger partial charge in [0.05, 0.1) is 41.8 Å². The molecular weight excluding hydrogens is 506 g/mol. The molecule has 0 aliphatic carbocycles. The fourth-order valence-corrected chi connectivity index (χ4v) is 4.72. The molecule has 1 aromatic heterocycles. The van der Waals surface area contributed by atoms with Gasteiger partial charge in [-0.1, -0.05) is 12.1 Å². The van der Waals surface area contributed by atoms with Crippen LogP contribution in [0.4, 0.5) is 33.7 Å². The molecule has 8 nitrogen and oxygen atoms in total. The van der Waals surface area contributed by atoms with E-state index in [1.165, 1.54) is 30.0 Å². The van der Waals surface area contributed by atoms with Gasteiger partial charge in [-0.2, -0.15) is 18.3 Å². The lowest BCUT2D eigenvalue weighted by atomic mass is 10.1. The first kappa shape index (κ1) is 25.6. The van der Waals surface area contributed by atoms with Crippen LogP contribution in [-0.2, 0) is 15.7 Å². The maximum atomic E-state index is 15.1. The van der Waals surface area contributed by atoms with Gasteiger partial charge < -0.3 is 15.0 Å². The Bertz CT molecular complexity index is 1340. The molecule has 2 fully saturated rings. The van der Waals surface area contributed by atoms with Crippen LogP contribution in [-0.4, -0.2) is 54.1 Å². The second-order valence-corrected chi connectivity index (χ2v) is 9.33. The molecule has 0 saturated carbocycles. The molecule has 200 valence electrons. The first-order valence-electron chi connectivity index (χ1n) is 12.1. The standard InChI is InChI=1S/C26H25F4N5O3/c1-16(36)31-13-21-15-34(25(37)38-21)19-6-7-24(22(27)12-19)33-10-8-20(14-33)35-11-9-23(32-35)17-2-4-18(5-3-17)26(28,29)30/h2-7,9,11-12,20-21H,8,10,13-15H2,1H3,(H,31,36)/t20-,21-/m0/s1. The Hall–Kier alpha value is -4.09. The zero-order valence-corrected chi connectivity index (χ0v) is 20.4. The summed E-state index contributed by atoms with van der Waals surface area (Å²) < 4.78 is 60.6. The summed E-state index contributed by atoms with van der Waals surface area (Å²) in [6.45, 7) is 2.83. The predicted molar refractivity (Wildman–Crippen MR) is 131 cm³/mol. The Morgan fingerprint density at radius 2 is 1.89 bits per heavy atom. The number of amides is 2. The monoisotopic (exact) mass is 531 g/mol. The molecule has 3 heterocycles. The molecular formula is C26H25F4N5O3. The molecule has 0 unspecified atom stereocenters. The number of aromatic nitrogens is 2. The van der Waals surface area contributed by atoms with Crippen molar-refractivity contribution >= 4 is 23.4 Å². The molecule has 2 amide bonds. The van der Waals surface area contributed by atoms with Crippen molar-refractivity contribution in [3.8, 4) is 11.3 Å². The number of nitrogens with zero attached hydrogens (tertiary/aromatic N) is 4. The number of hydrogen-bond acceptors (Lipinski definition) is 5. The van der Waals surface area contributed by atoms with Crippen molar-refractivity contribution in [1.29, 1.82) is 0 Å². The number of ether oxygens (including phenoxy) is 1.